The highest BCUT2D eigenvalue weighted by molar-refractivity contribution is 5.96. The largest absolute Gasteiger partial charge is 0.508 e. The number of benzene rings is 1. The molecule has 12 N–H and O–H groups in total. The van der Waals surface area contributed by atoms with E-state index in [0.717, 1.165) is 0 Å². The Bertz CT molecular complexity index is 1240. The summed E-state index contributed by atoms with van der Waals surface area (Å²) in [5.74, 6) is -4.05. The first-order valence-electron chi connectivity index (χ1n) is 15.3. The summed E-state index contributed by atoms with van der Waals surface area (Å²) < 4.78 is 0. The maximum atomic E-state index is 13.8. The van der Waals surface area contributed by atoms with Crippen molar-refractivity contribution in [2.45, 2.75) is 95.6 Å². The average molecular weight is 649 g/mol. The number of phenolic OH excluding ortho intramolecular Hbond substituents is 1. The molecule has 1 aromatic carbocycles. The zero-order valence-corrected chi connectivity index (χ0v) is 26.5. The lowest BCUT2D eigenvalue weighted by atomic mass is 10.00. The molecule has 256 valence electrons. The summed E-state index contributed by atoms with van der Waals surface area (Å²) in [6, 6.07) is 0.330. The van der Waals surface area contributed by atoms with Crippen LogP contribution >= 0.6 is 0 Å². The normalized spacial score (nSPS) is 17.7. The third kappa shape index (κ3) is 11.8. The molecule has 0 aliphatic carbocycles. The Labute approximate surface area is 268 Å². The molecule has 0 bridgehead atoms. The Hall–Kier alpha value is -4.44. The number of carboxylic acids is 1. The Morgan fingerprint density at radius 2 is 1.63 bits per heavy atom. The minimum atomic E-state index is -1.56. The fraction of sp³-hybridized carbons (Fsp3) is 0.600. The summed E-state index contributed by atoms with van der Waals surface area (Å²) in [4.78, 5) is 70.3. The van der Waals surface area contributed by atoms with Gasteiger partial charge in [-0.25, -0.2) is 4.79 Å². The van der Waals surface area contributed by atoms with Crippen molar-refractivity contribution in [2.24, 2.45) is 28.1 Å². The van der Waals surface area contributed by atoms with Crippen molar-refractivity contribution in [3.8, 4) is 5.75 Å². The van der Waals surface area contributed by atoms with Crippen molar-refractivity contribution in [3.05, 3.63) is 29.8 Å². The number of carbonyl (C=O) groups excluding carboxylic acids is 4. The number of aliphatic hydroxyl groups is 1. The number of aliphatic carboxylic acids is 1. The summed E-state index contributed by atoms with van der Waals surface area (Å²) in [5.41, 5.74) is 17.3. The molecule has 4 amide bonds. The van der Waals surface area contributed by atoms with Crippen LogP contribution in [0.1, 0.15) is 58.4 Å². The Balaban J connectivity index is 2.25. The van der Waals surface area contributed by atoms with Gasteiger partial charge in [-0.15, -0.1) is 0 Å². The number of hydrogen-bond acceptors (Lipinski definition) is 9. The third-order valence-electron chi connectivity index (χ3n) is 7.52. The van der Waals surface area contributed by atoms with Gasteiger partial charge in [-0.1, -0.05) is 26.0 Å². The Kier molecular flexibility index (Phi) is 14.7. The monoisotopic (exact) mass is 648 g/mol. The number of nitrogens with zero attached hydrogens (tertiary/aromatic N) is 2. The first-order chi connectivity index (χ1) is 21.6. The van der Waals surface area contributed by atoms with Gasteiger partial charge < -0.3 is 53.4 Å². The van der Waals surface area contributed by atoms with Gasteiger partial charge in [0.1, 0.15) is 23.9 Å². The fourth-order valence-corrected chi connectivity index (χ4v) is 5.11. The van der Waals surface area contributed by atoms with E-state index in [1.165, 1.54) is 24.0 Å². The van der Waals surface area contributed by atoms with Gasteiger partial charge in [0.25, 0.3) is 0 Å². The number of aliphatic hydroxyl groups excluding tert-OH is 1. The van der Waals surface area contributed by atoms with E-state index in [4.69, 9.17) is 17.2 Å². The lowest BCUT2D eigenvalue weighted by Gasteiger charge is -2.31. The quantitative estimate of drug-likeness (QED) is 0.0520. The van der Waals surface area contributed by atoms with Gasteiger partial charge in [-0.05, 0) is 62.6 Å². The molecule has 1 aliphatic heterocycles. The lowest BCUT2D eigenvalue weighted by Crippen LogP contribution is -2.59. The van der Waals surface area contributed by atoms with E-state index < -0.39 is 65.9 Å². The number of hydrogen-bond donors (Lipinski definition) is 9. The minimum absolute atomic E-state index is 0.0197. The minimum Gasteiger partial charge on any atom is -0.508 e. The van der Waals surface area contributed by atoms with Crippen molar-refractivity contribution < 1.29 is 39.3 Å². The number of nitrogens with two attached hydrogens (primary N) is 3. The van der Waals surface area contributed by atoms with Crippen LogP contribution < -0.4 is 33.2 Å². The van der Waals surface area contributed by atoms with Crippen molar-refractivity contribution in [1.29, 1.82) is 0 Å². The van der Waals surface area contributed by atoms with Gasteiger partial charge in [0.05, 0.1) is 12.1 Å². The first kappa shape index (κ1) is 37.7. The second-order valence-electron chi connectivity index (χ2n) is 11.9. The van der Waals surface area contributed by atoms with E-state index in [1.54, 1.807) is 12.1 Å². The van der Waals surface area contributed by atoms with Crippen LogP contribution in [-0.2, 0) is 30.4 Å². The SMILES string of the molecule is CC(C)C[C@@H](NC(=O)[C@H](Cc1ccc(O)cc1)NC(=O)[C@@H](N)CCCN=C(N)N)C(=O)N1CCC[C@H]1C(=O)N[C@H](C(=O)O)[C@@H](C)O. The van der Waals surface area contributed by atoms with Gasteiger partial charge in [-0.2, -0.15) is 0 Å². The molecule has 2 rings (SSSR count). The molecule has 0 spiro atoms. The van der Waals surface area contributed by atoms with Gasteiger partial charge in [0.15, 0.2) is 12.0 Å². The predicted octanol–water partition coefficient (Wildman–Crippen LogP) is -1.73. The molecular formula is C30H48N8O8. The Morgan fingerprint density at radius 1 is 1.00 bits per heavy atom. The summed E-state index contributed by atoms with van der Waals surface area (Å²) in [5, 5.41) is 36.6. The zero-order valence-electron chi connectivity index (χ0n) is 26.5. The third-order valence-corrected chi connectivity index (χ3v) is 7.52. The van der Waals surface area contributed by atoms with Crippen molar-refractivity contribution in [1.82, 2.24) is 20.9 Å². The van der Waals surface area contributed by atoms with Crippen LogP contribution in [0.5, 0.6) is 5.75 Å². The van der Waals surface area contributed by atoms with E-state index >= 15 is 0 Å². The van der Waals surface area contributed by atoms with Crippen molar-refractivity contribution in [2.75, 3.05) is 13.1 Å². The molecule has 0 saturated carbocycles. The van der Waals surface area contributed by atoms with E-state index in [1.807, 2.05) is 13.8 Å². The highest BCUT2D eigenvalue weighted by Crippen LogP contribution is 2.21. The number of rotatable bonds is 17. The number of guanidine groups is 1. The maximum absolute atomic E-state index is 13.8. The number of carbonyl (C=O) groups is 5. The van der Waals surface area contributed by atoms with Crippen molar-refractivity contribution >= 4 is 35.6 Å². The molecular weight excluding hydrogens is 600 g/mol. The van der Waals surface area contributed by atoms with Crippen LogP contribution in [0.15, 0.2) is 29.3 Å². The summed E-state index contributed by atoms with van der Waals surface area (Å²) in [7, 11) is 0. The second kappa shape index (κ2) is 17.9. The number of aromatic hydroxyl groups is 1. The number of phenols is 1. The highest BCUT2D eigenvalue weighted by atomic mass is 16.4. The predicted molar refractivity (Wildman–Crippen MR) is 169 cm³/mol. The van der Waals surface area contributed by atoms with Gasteiger partial charge in [-0.3, -0.25) is 24.2 Å². The number of aliphatic imine (C=N–C) groups is 1. The molecule has 16 nitrogen and oxygen atoms in total. The smallest absolute Gasteiger partial charge is 0.328 e. The number of likely N-dealkylation sites (tertiary alicyclic amines) is 1. The molecule has 16 heteroatoms. The van der Waals surface area contributed by atoms with Crippen LogP contribution in [0.2, 0.25) is 0 Å². The van der Waals surface area contributed by atoms with Gasteiger partial charge in [0.2, 0.25) is 23.6 Å². The van der Waals surface area contributed by atoms with E-state index in [-0.39, 0.29) is 56.4 Å². The Morgan fingerprint density at radius 3 is 2.20 bits per heavy atom. The second-order valence-corrected chi connectivity index (χ2v) is 11.9. The summed E-state index contributed by atoms with van der Waals surface area (Å²) in [6.45, 7) is 5.43. The summed E-state index contributed by atoms with van der Waals surface area (Å²) in [6.07, 6.45) is 0.261. The molecule has 46 heavy (non-hydrogen) atoms. The zero-order chi connectivity index (χ0) is 34.6. The van der Waals surface area contributed by atoms with Crippen LogP contribution in [0.25, 0.3) is 0 Å². The number of nitrogens with one attached hydrogen (secondary N) is 3. The fourth-order valence-electron chi connectivity index (χ4n) is 5.11. The molecule has 0 aromatic heterocycles. The molecule has 1 aliphatic rings. The molecule has 6 atom stereocenters. The topological polar surface area (TPSA) is 276 Å². The molecule has 1 heterocycles. The van der Waals surface area contributed by atoms with Crippen LogP contribution in [0.3, 0.4) is 0 Å². The summed E-state index contributed by atoms with van der Waals surface area (Å²) >= 11 is 0. The van der Waals surface area contributed by atoms with E-state index in [9.17, 15) is 39.3 Å². The van der Waals surface area contributed by atoms with E-state index in [2.05, 4.69) is 20.9 Å². The molecule has 1 aromatic rings. The maximum Gasteiger partial charge on any atom is 0.328 e. The van der Waals surface area contributed by atoms with E-state index in [0.29, 0.717) is 18.4 Å². The molecule has 1 saturated heterocycles. The number of carboxylic acid groups (broad SMARTS) is 1. The molecule has 0 radical (unpaired) electrons. The molecule has 0 unspecified atom stereocenters. The van der Waals surface area contributed by atoms with Crippen LogP contribution in [0, 0.1) is 5.92 Å². The average Bonchev–Trinajstić information content (AvgIpc) is 3.47. The highest BCUT2D eigenvalue weighted by Gasteiger charge is 2.40. The first-order valence-corrected chi connectivity index (χ1v) is 15.3. The lowest BCUT2D eigenvalue weighted by molar-refractivity contribution is -0.147. The molecule has 1 fully saturated rings. The van der Waals surface area contributed by atoms with Crippen LogP contribution in [0.4, 0.5) is 0 Å². The van der Waals surface area contributed by atoms with Gasteiger partial charge >= 0.3 is 5.97 Å². The van der Waals surface area contributed by atoms with Crippen LogP contribution in [-0.4, -0.2) is 105 Å². The van der Waals surface area contributed by atoms with Crippen molar-refractivity contribution in [3.63, 3.8) is 0 Å². The number of amides is 4. The van der Waals surface area contributed by atoms with Gasteiger partial charge in [0, 0.05) is 19.5 Å². The standard InChI is InChI=1S/C30H48N8O8/c1-16(2)14-22(28(44)38-13-5-7-23(38)27(43)37-24(17(3)39)29(45)46)36-26(42)21(15-18-8-10-19(40)11-9-18)35-25(41)20(31)6-4-12-34-30(32)33/h8-11,16-17,20-24,39-40H,4-7,12-15,31H2,1-3H3,(H,35,41)(H,36,42)(H,37,43)(H,45,46)(H4,32,33,34)/t17-,20+,21+,22-,23+,24+/m1/s1.